The van der Waals surface area contributed by atoms with Crippen LogP contribution in [0.1, 0.15) is 20.9 Å². The number of nitrogens with zero attached hydrogens (tertiary/aromatic N) is 3. The number of aryl methyl sites for hydroxylation is 1. The molecule has 0 saturated heterocycles. The molecule has 0 aliphatic carbocycles. The van der Waals surface area contributed by atoms with Gasteiger partial charge < -0.3 is 14.8 Å². The zero-order chi connectivity index (χ0) is 23.7. The molecular weight excluding hydrogens is 542 g/mol. The molecule has 0 spiro atoms. The SMILES string of the molecule is Cc1ccc(Nc2c(-c3ccc(F)cc3)nc3n2CCN(C(=O)[C@@H](I)c2ccccc2)C3)cc1. The van der Waals surface area contributed by atoms with E-state index in [1.165, 1.54) is 17.7 Å². The Morgan fingerprint density at radius 2 is 1.71 bits per heavy atom. The highest BCUT2D eigenvalue weighted by atomic mass is 127. The van der Waals surface area contributed by atoms with E-state index in [0.717, 1.165) is 34.2 Å². The summed E-state index contributed by atoms with van der Waals surface area (Å²) in [6.07, 6.45) is 0. The van der Waals surface area contributed by atoms with E-state index in [1.54, 1.807) is 12.1 Å². The highest BCUT2D eigenvalue weighted by Crippen LogP contribution is 2.34. The predicted molar refractivity (Wildman–Crippen MR) is 141 cm³/mol. The second-order valence-corrected chi connectivity index (χ2v) is 9.65. The van der Waals surface area contributed by atoms with Crippen molar-refractivity contribution in [3.63, 3.8) is 0 Å². The number of rotatable bonds is 5. The van der Waals surface area contributed by atoms with Gasteiger partial charge in [-0.15, -0.1) is 0 Å². The number of alkyl halides is 1. The van der Waals surface area contributed by atoms with E-state index in [-0.39, 0.29) is 15.6 Å². The second-order valence-electron chi connectivity index (χ2n) is 8.41. The van der Waals surface area contributed by atoms with Crippen molar-refractivity contribution in [1.82, 2.24) is 14.5 Å². The summed E-state index contributed by atoms with van der Waals surface area (Å²) < 4.78 is 15.5. The van der Waals surface area contributed by atoms with E-state index in [2.05, 4.69) is 51.5 Å². The van der Waals surface area contributed by atoms with Crippen molar-refractivity contribution >= 4 is 40.0 Å². The van der Waals surface area contributed by atoms with Crippen molar-refractivity contribution in [2.75, 3.05) is 11.9 Å². The van der Waals surface area contributed by atoms with Crippen LogP contribution in [0.3, 0.4) is 0 Å². The molecule has 4 aromatic rings. The lowest BCUT2D eigenvalue weighted by Gasteiger charge is -2.30. The zero-order valence-electron chi connectivity index (χ0n) is 18.7. The molecule has 3 aromatic carbocycles. The van der Waals surface area contributed by atoms with Gasteiger partial charge >= 0.3 is 0 Å². The van der Waals surface area contributed by atoms with E-state index in [4.69, 9.17) is 4.98 Å². The second kappa shape index (κ2) is 9.58. The summed E-state index contributed by atoms with van der Waals surface area (Å²) in [7, 11) is 0. The van der Waals surface area contributed by atoms with Crippen LogP contribution < -0.4 is 5.32 Å². The topological polar surface area (TPSA) is 50.2 Å². The molecule has 172 valence electrons. The number of amides is 1. The third kappa shape index (κ3) is 4.57. The molecule has 34 heavy (non-hydrogen) atoms. The lowest BCUT2D eigenvalue weighted by atomic mass is 10.1. The number of imidazole rings is 1. The minimum Gasteiger partial charge on any atom is -0.340 e. The number of benzene rings is 3. The maximum atomic E-state index is 13.6. The van der Waals surface area contributed by atoms with Gasteiger partial charge in [-0.25, -0.2) is 9.37 Å². The number of halogens is 2. The van der Waals surface area contributed by atoms with Gasteiger partial charge in [0.25, 0.3) is 0 Å². The molecule has 0 bridgehead atoms. The smallest absolute Gasteiger partial charge is 0.240 e. The molecule has 2 heterocycles. The Bertz CT molecular complexity index is 1300. The maximum absolute atomic E-state index is 13.6. The van der Waals surface area contributed by atoms with Gasteiger partial charge in [0, 0.05) is 24.3 Å². The highest BCUT2D eigenvalue weighted by molar-refractivity contribution is 14.1. The first-order valence-corrected chi connectivity index (χ1v) is 12.4. The van der Waals surface area contributed by atoms with Crippen molar-refractivity contribution in [3.05, 3.63) is 102 Å². The van der Waals surface area contributed by atoms with E-state index in [1.807, 2.05) is 47.4 Å². The Hall–Kier alpha value is -3.20. The van der Waals surface area contributed by atoms with Crippen LogP contribution in [0.2, 0.25) is 0 Å². The fourth-order valence-corrected chi connectivity index (χ4v) is 4.96. The zero-order valence-corrected chi connectivity index (χ0v) is 20.9. The lowest BCUT2D eigenvalue weighted by molar-refractivity contribution is -0.131. The molecule has 5 rings (SSSR count). The average Bonchev–Trinajstić information content (AvgIpc) is 3.23. The van der Waals surface area contributed by atoms with Crippen LogP contribution in [0, 0.1) is 12.7 Å². The average molecular weight is 566 g/mol. The van der Waals surface area contributed by atoms with E-state index >= 15 is 0 Å². The first kappa shape index (κ1) is 22.6. The summed E-state index contributed by atoms with van der Waals surface area (Å²) in [6.45, 7) is 3.70. The van der Waals surface area contributed by atoms with Gasteiger partial charge in [0.05, 0.1) is 6.54 Å². The Labute approximate surface area is 211 Å². The van der Waals surface area contributed by atoms with Crippen LogP contribution in [0.15, 0.2) is 78.9 Å². The largest absolute Gasteiger partial charge is 0.340 e. The molecule has 1 amide bonds. The van der Waals surface area contributed by atoms with Crippen LogP contribution in [0.5, 0.6) is 0 Å². The number of hydrogen-bond acceptors (Lipinski definition) is 3. The van der Waals surface area contributed by atoms with E-state index in [0.29, 0.717) is 19.6 Å². The van der Waals surface area contributed by atoms with Gasteiger partial charge in [-0.05, 0) is 48.9 Å². The first-order valence-electron chi connectivity index (χ1n) is 11.2. The van der Waals surface area contributed by atoms with Gasteiger partial charge in [0.1, 0.15) is 27.1 Å². The summed E-state index contributed by atoms with van der Waals surface area (Å²) in [6, 6.07) is 24.4. The molecule has 1 N–H and O–H groups in total. The number of hydrogen-bond donors (Lipinski definition) is 1. The first-order chi connectivity index (χ1) is 16.5. The van der Waals surface area contributed by atoms with Crippen LogP contribution >= 0.6 is 22.6 Å². The monoisotopic (exact) mass is 566 g/mol. The molecule has 1 aromatic heterocycles. The van der Waals surface area contributed by atoms with Crippen LogP contribution in [-0.4, -0.2) is 26.9 Å². The van der Waals surface area contributed by atoms with Crippen molar-refractivity contribution in [2.24, 2.45) is 0 Å². The minimum absolute atomic E-state index is 0.0809. The van der Waals surface area contributed by atoms with Crippen molar-refractivity contribution in [3.8, 4) is 11.3 Å². The van der Waals surface area contributed by atoms with Crippen molar-refractivity contribution < 1.29 is 9.18 Å². The summed E-state index contributed by atoms with van der Waals surface area (Å²) >= 11 is 2.21. The number of carbonyl (C=O) groups excluding carboxylic acids is 1. The minimum atomic E-state index is -0.286. The van der Waals surface area contributed by atoms with Crippen LogP contribution in [0.25, 0.3) is 11.3 Å². The Morgan fingerprint density at radius 3 is 2.41 bits per heavy atom. The van der Waals surface area contributed by atoms with Gasteiger partial charge in [-0.3, -0.25) is 4.79 Å². The molecule has 0 unspecified atom stereocenters. The maximum Gasteiger partial charge on any atom is 0.240 e. The lowest BCUT2D eigenvalue weighted by Crippen LogP contribution is -2.40. The molecule has 5 nitrogen and oxygen atoms in total. The standard InChI is InChI=1S/C27H24FIN4O/c1-18-7-13-22(14-8-18)30-26-25(20-9-11-21(28)12-10-20)31-23-17-32(15-16-33(23)26)27(34)24(29)19-5-3-2-4-6-19/h2-14,24,30H,15-17H2,1H3/t24-/m0/s1. The number of anilines is 2. The fraction of sp³-hybridized carbons (Fsp3) is 0.185. The van der Waals surface area contributed by atoms with Gasteiger partial charge in [-0.2, -0.15) is 0 Å². The summed E-state index contributed by atoms with van der Waals surface area (Å²) in [5.74, 6) is 1.46. The Balaban J connectivity index is 1.47. The number of carbonyl (C=O) groups is 1. The van der Waals surface area contributed by atoms with Gasteiger partial charge in [0.2, 0.25) is 5.91 Å². The molecule has 0 radical (unpaired) electrons. The number of fused-ring (bicyclic) bond motifs is 1. The predicted octanol–water partition coefficient (Wildman–Crippen LogP) is 6.26. The Kier molecular flexibility index (Phi) is 6.36. The summed E-state index contributed by atoms with van der Waals surface area (Å²) in [4.78, 5) is 20.0. The molecule has 0 saturated carbocycles. The molecule has 1 aliphatic rings. The van der Waals surface area contributed by atoms with Crippen molar-refractivity contribution in [1.29, 1.82) is 0 Å². The Morgan fingerprint density at radius 1 is 1.00 bits per heavy atom. The van der Waals surface area contributed by atoms with Crippen LogP contribution in [0.4, 0.5) is 15.9 Å². The van der Waals surface area contributed by atoms with Crippen LogP contribution in [-0.2, 0) is 17.9 Å². The normalized spacial score (nSPS) is 13.9. The molecule has 1 atom stereocenters. The van der Waals surface area contributed by atoms with Crippen molar-refractivity contribution in [2.45, 2.75) is 23.9 Å². The van der Waals surface area contributed by atoms with Gasteiger partial charge in [-0.1, -0.05) is 70.6 Å². The number of aromatic nitrogens is 2. The third-order valence-electron chi connectivity index (χ3n) is 6.03. The molecule has 7 heteroatoms. The quantitative estimate of drug-likeness (QED) is 0.229. The summed E-state index contributed by atoms with van der Waals surface area (Å²) in [5.41, 5.74) is 4.70. The molecule has 1 aliphatic heterocycles. The molecule has 0 fully saturated rings. The van der Waals surface area contributed by atoms with E-state index < -0.39 is 0 Å². The fourth-order valence-electron chi connectivity index (χ4n) is 4.15. The van der Waals surface area contributed by atoms with E-state index in [9.17, 15) is 9.18 Å². The molecular formula is C27H24FIN4O. The number of nitrogens with one attached hydrogen (secondary N) is 1. The highest BCUT2D eigenvalue weighted by Gasteiger charge is 2.30. The third-order valence-corrected chi connectivity index (χ3v) is 7.28. The van der Waals surface area contributed by atoms with Gasteiger partial charge in [0.15, 0.2) is 0 Å². The summed E-state index contributed by atoms with van der Waals surface area (Å²) in [5, 5.41) is 3.52.